The average Bonchev–Trinajstić information content (AvgIpc) is 3.23. The van der Waals surface area contributed by atoms with Crippen molar-refractivity contribution in [3.63, 3.8) is 0 Å². The number of rotatable bonds is 5. The Bertz CT molecular complexity index is 1310. The second kappa shape index (κ2) is 8.91. The van der Waals surface area contributed by atoms with Crippen LogP contribution in [0.4, 0.5) is 5.69 Å². The van der Waals surface area contributed by atoms with Crippen LogP contribution in [-0.4, -0.2) is 70.4 Å². The molecule has 1 aromatic carbocycles. The number of benzene rings is 1. The largest absolute Gasteiger partial charge is 0.340 e. The minimum absolute atomic E-state index is 0.0400. The van der Waals surface area contributed by atoms with Gasteiger partial charge in [-0.2, -0.15) is 9.40 Å². The Morgan fingerprint density at radius 1 is 1.06 bits per heavy atom. The Balaban J connectivity index is 1.51. The summed E-state index contributed by atoms with van der Waals surface area (Å²) in [7, 11) is -3.78. The molecule has 1 saturated heterocycles. The zero-order chi connectivity index (χ0) is 23.8. The zero-order valence-electron chi connectivity index (χ0n) is 18.7. The Morgan fingerprint density at radius 3 is 2.45 bits per heavy atom. The maximum Gasteiger partial charge on any atom is 0.255 e. The lowest BCUT2D eigenvalue weighted by Crippen LogP contribution is -2.49. The standard InChI is InChI=1S/C22H26N6O4S/c1-15(2)28-21-18(13-24-28)11-19(14-23-21)25-22(30)17-5-4-6-20(12-17)33(31,32)27-9-7-26(8-10-27)16(3)29/h4-6,11-15H,7-10H2,1-3H3,(H,25,30). The molecule has 4 rings (SSSR count). The molecule has 1 aliphatic rings. The average molecular weight is 471 g/mol. The summed E-state index contributed by atoms with van der Waals surface area (Å²) < 4.78 is 29.3. The molecular weight excluding hydrogens is 444 g/mol. The maximum atomic E-state index is 13.1. The number of hydrogen-bond donors (Lipinski definition) is 1. The summed E-state index contributed by atoms with van der Waals surface area (Å²) >= 11 is 0. The van der Waals surface area contributed by atoms with E-state index in [1.165, 1.54) is 23.4 Å². The van der Waals surface area contributed by atoms with Gasteiger partial charge in [0.25, 0.3) is 5.91 Å². The Kier molecular flexibility index (Phi) is 6.17. The number of carbonyl (C=O) groups is 2. The smallest absolute Gasteiger partial charge is 0.255 e. The minimum atomic E-state index is -3.78. The van der Waals surface area contributed by atoms with Gasteiger partial charge in [-0.1, -0.05) is 6.07 Å². The van der Waals surface area contributed by atoms with Gasteiger partial charge < -0.3 is 10.2 Å². The first-order valence-corrected chi connectivity index (χ1v) is 12.1. The number of carbonyl (C=O) groups excluding carboxylic acids is 2. The predicted molar refractivity (Wildman–Crippen MR) is 123 cm³/mol. The fraction of sp³-hybridized carbons (Fsp3) is 0.364. The van der Waals surface area contributed by atoms with Crippen LogP contribution < -0.4 is 5.32 Å². The van der Waals surface area contributed by atoms with Crippen LogP contribution in [-0.2, 0) is 14.8 Å². The number of sulfonamides is 1. The van der Waals surface area contributed by atoms with E-state index in [0.29, 0.717) is 18.8 Å². The van der Waals surface area contributed by atoms with E-state index in [2.05, 4.69) is 15.4 Å². The van der Waals surface area contributed by atoms with Crippen molar-refractivity contribution in [2.75, 3.05) is 31.5 Å². The van der Waals surface area contributed by atoms with Crippen molar-refractivity contribution in [3.8, 4) is 0 Å². The van der Waals surface area contributed by atoms with Crippen LogP contribution in [0.15, 0.2) is 47.6 Å². The molecule has 2 aromatic heterocycles. The molecule has 0 unspecified atom stereocenters. The third-order valence-corrected chi connectivity index (χ3v) is 7.49. The topological polar surface area (TPSA) is 118 Å². The van der Waals surface area contributed by atoms with E-state index in [1.807, 2.05) is 13.8 Å². The number of aromatic nitrogens is 3. The molecule has 2 amide bonds. The van der Waals surface area contributed by atoms with E-state index in [0.717, 1.165) is 11.0 Å². The van der Waals surface area contributed by atoms with Gasteiger partial charge in [0.05, 0.1) is 23.0 Å². The number of nitrogens with one attached hydrogen (secondary N) is 1. The quantitative estimate of drug-likeness (QED) is 0.610. The minimum Gasteiger partial charge on any atom is -0.340 e. The number of amides is 2. The summed E-state index contributed by atoms with van der Waals surface area (Å²) in [5.41, 5.74) is 1.43. The van der Waals surface area contributed by atoms with Crippen LogP contribution in [0.5, 0.6) is 0 Å². The second-order valence-electron chi connectivity index (χ2n) is 8.21. The fourth-order valence-electron chi connectivity index (χ4n) is 3.78. The predicted octanol–water partition coefficient (Wildman–Crippen LogP) is 2.12. The van der Waals surface area contributed by atoms with E-state index in [-0.39, 0.29) is 35.5 Å². The summed E-state index contributed by atoms with van der Waals surface area (Å²) in [5.74, 6) is -0.513. The first kappa shape index (κ1) is 22.9. The molecule has 33 heavy (non-hydrogen) atoms. The summed E-state index contributed by atoms with van der Waals surface area (Å²) in [6, 6.07) is 7.88. The van der Waals surface area contributed by atoms with E-state index < -0.39 is 15.9 Å². The van der Waals surface area contributed by atoms with Gasteiger partial charge in [-0.05, 0) is 38.1 Å². The van der Waals surface area contributed by atoms with Crippen LogP contribution in [0.25, 0.3) is 11.0 Å². The lowest BCUT2D eigenvalue weighted by molar-refractivity contribution is -0.129. The number of anilines is 1. The molecule has 0 radical (unpaired) electrons. The third kappa shape index (κ3) is 4.60. The van der Waals surface area contributed by atoms with Crippen LogP contribution in [0.3, 0.4) is 0 Å². The monoisotopic (exact) mass is 470 g/mol. The van der Waals surface area contributed by atoms with Crippen molar-refractivity contribution in [3.05, 3.63) is 48.3 Å². The molecule has 3 heterocycles. The summed E-state index contributed by atoms with van der Waals surface area (Å²) in [4.78, 5) is 30.4. The zero-order valence-corrected chi connectivity index (χ0v) is 19.5. The molecule has 10 nitrogen and oxygen atoms in total. The highest BCUT2D eigenvalue weighted by Crippen LogP contribution is 2.22. The van der Waals surface area contributed by atoms with Gasteiger partial charge >= 0.3 is 0 Å². The first-order valence-electron chi connectivity index (χ1n) is 10.7. The highest BCUT2D eigenvalue weighted by atomic mass is 32.2. The van der Waals surface area contributed by atoms with Gasteiger partial charge in [-0.3, -0.25) is 9.59 Å². The van der Waals surface area contributed by atoms with Crippen molar-refractivity contribution in [2.45, 2.75) is 31.7 Å². The highest BCUT2D eigenvalue weighted by molar-refractivity contribution is 7.89. The van der Waals surface area contributed by atoms with Gasteiger partial charge in [0.15, 0.2) is 5.65 Å². The molecule has 1 N–H and O–H groups in total. The molecular formula is C22H26N6O4S. The summed E-state index contributed by atoms with van der Waals surface area (Å²) in [5, 5.41) is 7.89. The van der Waals surface area contributed by atoms with E-state index >= 15 is 0 Å². The maximum absolute atomic E-state index is 13.1. The van der Waals surface area contributed by atoms with E-state index in [9.17, 15) is 18.0 Å². The number of piperazine rings is 1. The Hall–Kier alpha value is -3.31. The number of pyridine rings is 1. The van der Waals surface area contributed by atoms with E-state index in [4.69, 9.17) is 0 Å². The van der Waals surface area contributed by atoms with Crippen molar-refractivity contribution in [1.29, 1.82) is 0 Å². The number of hydrogen-bond acceptors (Lipinski definition) is 6. The number of nitrogens with zero attached hydrogens (tertiary/aromatic N) is 5. The van der Waals surface area contributed by atoms with Crippen molar-refractivity contribution in [2.24, 2.45) is 0 Å². The van der Waals surface area contributed by atoms with Gasteiger partial charge in [0, 0.05) is 50.1 Å². The van der Waals surface area contributed by atoms with Gasteiger partial charge in [0.1, 0.15) is 0 Å². The highest BCUT2D eigenvalue weighted by Gasteiger charge is 2.29. The molecule has 174 valence electrons. The van der Waals surface area contributed by atoms with Gasteiger partial charge in [-0.25, -0.2) is 18.1 Å². The number of fused-ring (bicyclic) bond motifs is 1. The summed E-state index contributed by atoms with van der Waals surface area (Å²) in [6.07, 6.45) is 3.24. The fourth-order valence-corrected chi connectivity index (χ4v) is 5.25. The Morgan fingerprint density at radius 2 is 1.79 bits per heavy atom. The van der Waals surface area contributed by atoms with Crippen molar-refractivity contribution in [1.82, 2.24) is 24.0 Å². The molecule has 0 saturated carbocycles. The molecule has 0 bridgehead atoms. The van der Waals surface area contributed by atoms with Crippen LogP contribution in [0.1, 0.15) is 37.2 Å². The molecule has 0 atom stereocenters. The van der Waals surface area contributed by atoms with Gasteiger partial charge in [0.2, 0.25) is 15.9 Å². The molecule has 1 aliphatic heterocycles. The first-order chi connectivity index (χ1) is 15.7. The van der Waals surface area contributed by atoms with Crippen LogP contribution >= 0.6 is 0 Å². The molecule has 3 aromatic rings. The van der Waals surface area contributed by atoms with Gasteiger partial charge in [-0.15, -0.1) is 0 Å². The Labute approximate surface area is 192 Å². The molecule has 1 fully saturated rings. The van der Waals surface area contributed by atoms with Crippen molar-refractivity contribution >= 4 is 38.6 Å². The van der Waals surface area contributed by atoms with Crippen LogP contribution in [0, 0.1) is 0 Å². The lowest BCUT2D eigenvalue weighted by atomic mass is 10.2. The molecule has 11 heteroatoms. The SMILES string of the molecule is CC(=O)N1CCN(S(=O)(=O)c2cccc(C(=O)Nc3cnc4c(cnn4C(C)C)c3)c2)CC1. The molecule has 0 aliphatic carbocycles. The normalized spacial score (nSPS) is 15.2. The van der Waals surface area contributed by atoms with E-state index in [1.54, 1.807) is 40.2 Å². The second-order valence-corrected chi connectivity index (χ2v) is 10.1. The summed E-state index contributed by atoms with van der Waals surface area (Å²) in [6.45, 7) is 6.61. The van der Waals surface area contributed by atoms with Crippen molar-refractivity contribution < 1.29 is 18.0 Å². The third-order valence-electron chi connectivity index (χ3n) is 5.60. The molecule has 0 spiro atoms. The van der Waals surface area contributed by atoms with Crippen LogP contribution in [0.2, 0.25) is 0 Å². The lowest BCUT2D eigenvalue weighted by Gasteiger charge is -2.33.